The largest absolute Gasteiger partial charge is 0.416 e. The summed E-state index contributed by atoms with van der Waals surface area (Å²) in [4.78, 5) is 16.1. The molecule has 0 bridgehead atoms. The van der Waals surface area contributed by atoms with Crippen molar-refractivity contribution in [3.63, 3.8) is 0 Å². The van der Waals surface area contributed by atoms with Gasteiger partial charge in [0, 0.05) is 17.6 Å². The van der Waals surface area contributed by atoms with Crippen molar-refractivity contribution in [1.82, 2.24) is 9.78 Å². The second kappa shape index (κ2) is 7.05. The molecule has 31 heavy (non-hydrogen) atoms. The fourth-order valence-electron chi connectivity index (χ4n) is 3.98. The monoisotopic (exact) mass is 446 g/mol. The Labute approximate surface area is 183 Å². The SMILES string of the molecule is CCn1ncc2cc(N3C(=S)N(c4ccc(C)c(C(F)(F)F)c4)C(=O)C3(C)C)ccc21. The molecule has 3 aromatic rings. The first kappa shape index (κ1) is 21.3. The summed E-state index contributed by atoms with van der Waals surface area (Å²) in [5.41, 5.74) is -0.0470. The van der Waals surface area contributed by atoms with E-state index in [-0.39, 0.29) is 22.3 Å². The molecule has 9 heteroatoms. The summed E-state index contributed by atoms with van der Waals surface area (Å²) in [7, 11) is 0. The highest BCUT2D eigenvalue weighted by Gasteiger charge is 2.50. The van der Waals surface area contributed by atoms with Crippen LogP contribution in [0.1, 0.15) is 31.9 Å². The fourth-order valence-corrected chi connectivity index (χ4v) is 4.50. The summed E-state index contributed by atoms with van der Waals surface area (Å²) in [5, 5.41) is 5.36. The van der Waals surface area contributed by atoms with Crippen LogP contribution in [-0.4, -0.2) is 26.3 Å². The van der Waals surface area contributed by atoms with Crippen LogP contribution in [0, 0.1) is 6.92 Å². The lowest BCUT2D eigenvalue weighted by molar-refractivity contribution is -0.138. The van der Waals surface area contributed by atoms with Crippen LogP contribution in [0.5, 0.6) is 0 Å². The number of fused-ring (bicyclic) bond motifs is 1. The first-order valence-electron chi connectivity index (χ1n) is 9.79. The molecule has 0 unspecified atom stereocenters. The number of anilines is 2. The van der Waals surface area contributed by atoms with Gasteiger partial charge in [-0.2, -0.15) is 18.3 Å². The minimum Gasteiger partial charge on any atom is -0.304 e. The van der Waals surface area contributed by atoms with Crippen molar-refractivity contribution in [3.8, 4) is 0 Å². The van der Waals surface area contributed by atoms with Gasteiger partial charge in [0.05, 0.1) is 23.0 Å². The third-order valence-electron chi connectivity index (χ3n) is 5.64. The molecule has 2 heterocycles. The minimum atomic E-state index is -4.52. The van der Waals surface area contributed by atoms with Crippen LogP contribution in [0.4, 0.5) is 24.5 Å². The number of carbonyl (C=O) groups excluding carboxylic acids is 1. The fraction of sp³-hybridized carbons (Fsp3) is 0.318. The molecule has 5 nitrogen and oxygen atoms in total. The average molecular weight is 446 g/mol. The van der Waals surface area contributed by atoms with E-state index in [4.69, 9.17) is 12.2 Å². The smallest absolute Gasteiger partial charge is 0.304 e. The highest BCUT2D eigenvalue weighted by atomic mass is 32.1. The number of hydrogen-bond acceptors (Lipinski definition) is 3. The van der Waals surface area contributed by atoms with Crippen LogP contribution in [0.25, 0.3) is 10.9 Å². The highest BCUT2D eigenvalue weighted by Crippen LogP contribution is 2.40. The number of aryl methyl sites for hydroxylation is 2. The zero-order valence-electron chi connectivity index (χ0n) is 17.5. The first-order valence-corrected chi connectivity index (χ1v) is 10.2. The van der Waals surface area contributed by atoms with E-state index < -0.39 is 17.3 Å². The third kappa shape index (κ3) is 3.27. The third-order valence-corrected chi connectivity index (χ3v) is 6.00. The number of carbonyl (C=O) groups is 1. The number of halogens is 3. The summed E-state index contributed by atoms with van der Waals surface area (Å²) < 4.78 is 42.1. The van der Waals surface area contributed by atoms with Crippen LogP contribution in [0.15, 0.2) is 42.6 Å². The molecular formula is C22H21F3N4OS. The summed E-state index contributed by atoms with van der Waals surface area (Å²) in [6, 6.07) is 9.46. The van der Waals surface area contributed by atoms with E-state index in [9.17, 15) is 18.0 Å². The van der Waals surface area contributed by atoms with E-state index in [2.05, 4.69) is 5.10 Å². The normalized spacial score (nSPS) is 16.6. The van der Waals surface area contributed by atoms with Crippen LogP contribution in [-0.2, 0) is 17.5 Å². The summed E-state index contributed by atoms with van der Waals surface area (Å²) in [5.74, 6) is -0.390. The molecule has 1 aliphatic heterocycles. The number of aromatic nitrogens is 2. The van der Waals surface area contributed by atoms with E-state index in [0.29, 0.717) is 5.69 Å². The molecule has 1 saturated heterocycles. The first-order chi connectivity index (χ1) is 14.5. The van der Waals surface area contributed by atoms with Crippen molar-refractivity contribution in [2.75, 3.05) is 9.80 Å². The van der Waals surface area contributed by atoms with Crippen molar-refractivity contribution < 1.29 is 18.0 Å². The Kier molecular flexibility index (Phi) is 4.84. The summed E-state index contributed by atoms with van der Waals surface area (Å²) in [6.07, 6.45) is -2.78. The molecule has 4 rings (SSSR count). The lowest BCUT2D eigenvalue weighted by Crippen LogP contribution is -2.44. The van der Waals surface area contributed by atoms with E-state index >= 15 is 0 Å². The maximum Gasteiger partial charge on any atom is 0.416 e. The highest BCUT2D eigenvalue weighted by molar-refractivity contribution is 7.81. The lowest BCUT2D eigenvalue weighted by Gasteiger charge is -2.29. The Morgan fingerprint density at radius 2 is 1.77 bits per heavy atom. The topological polar surface area (TPSA) is 41.4 Å². The Morgan fingerprint density at radius 1 is 1.10 bits per heavy atom. The van der Waals surface area contributed by atoms with Crippen LogP contribution in [0.2, 0.25) is 0 Å². The molecule has 0 saturated carbocycles. The van der Waals surface area contributed by atoms with E-state index in [1.54, 1.807) is 24.9 Å². The Bertz CT molecular complexity index is 1220. The predicted octanol–water partition coefficient (Wildman–Crippen LogP) is 5.30. The van der Waals surface area contributed by atoms with Crippen molar-refractivity contribution >= 4 is 45.5 Å². The molecule has 1 aliphatic rings. The molecule has 1 amide bonds. The van der Waals surface area contributed by atoms with E-state index in [0.717, 1.165) is 23.5 Å². The second-order valence-electron chi connectivity index (χ2n) is 8.02. The Morgan fingerprint density at radius 3 is 2.42 bits per heavy atom. The lowest BCUT2D eigenvalue weighted by atomic mass is 10.0. The van der Waals surface area contributed by atoms with Gasteiger partial charge < -0.3 is 4.90 Å². The maximum absolute atomic E-state index is 13.4. The van der Waals surface area contributed by atoms with Gasteiger partial charge in [0.2, 0.25) is 0 Å². The molecule has 0 radical (unpaired) electrons. The van der Waals surface area contributed by atoms with Gasteiger partial charge in [-0.3, -0.25) is 14.4 Å². The van der Waals surface area contributed by atoms with Gasteiger partial charge >= 0.3 is 6.18 Å². The van der Waals surface area contributed by atoms with E-state index in [1.807, 2.05) is 29.8 Å². The molecule has 1 aromatic heterocycles. The maximum atomic E-state index is 13.4. The minimum absolute atomic E-state index is 0.0864. The summed E-state index contributed by atoms with van der Waals surface area (Å²) >= 11 is 5.60. The molecule has 2 aromatic carbocycles. The van der Waals surface area contributed by atoms with Crippen molar-refractivity contribution in [2.24, 2.45) is 0 Å². The van der Waals surface area contributed by atoms with Gasteiger partial charge in [0.1, 0.15) is 5.54 Å². The molecule has 0 atom stereocenters. The Hall–Kier alpha value is -2.94. The summed E-state index contributed by atoms with van der Waals surface area (Å²) in [6.45, 7) is 7.52. The van der Waals surface area contributed by atoms with Crippen LogP contribution >= 0.6 is 12.2 Å². The van der Waals surface area contributed by atoms with Crippen LogP contribution in [0.3, 0.4) is 0 Å². The molecule has 162 valence electrons. The number of rotatable bonds is 3. The number of benzene rings is 2. The van der Waals surface area contributed by atoms with Gasteiger partial charge in [0.25, 0.3) is 5.91 Å². The van der Waals surface area contributed by atoms with Gasteiger partial charge in [-0.25, -0.2) is 0 Å². The van der Waals surface area contributed by atoms with E-state index in [1.165, 1.54) is 24.0 Å². The zero-order chi connectivity index (χ0) is 22.7. The standard InChI is InChI=1S/C22H21F3N4OS/c1-5-27-18-9-8-16(10-14(18)12-26-27)29-20(31)28(19(30)21(29,3)4)15-7-6-13(2)17(11-15)22(23,24)25/h6-12H,5H2,1-4H3. The molecule has 0 spiro atoms. The quantitative estimate of drug-likeness (QED) is 0.512. The second-order valence-corrected chi connectivity index (χ2v) is 8.38. The Balaban J connectivity index is 1.80. The van der Waals surface area contributed by atoms with Gasteiger partial charge in [0.15, 0.2) is 5.11 Å². The number of thiocarbonyl (C=S) groups is 1. The number of hydrogen-bond donors (Lipinski definition) is 0. The average Bonchev–Trinajstić information content (AvgIpc) is 3.17. The molecule has 1 fully saturated rings. The molecular weight excluding hydrogens is 425 g/mol. The molecule has 0 aliphatic carbocycles. The number of alkyl halides is 3. The van der Waals surface area contributed by atoms with Crippen molar-refractivity contribution in [2.45, 2.75) is 46.0 Å². The van der Waals surface area contributed by atoms with Crippen molar-refractivity contribution in [3.05, 3.63) is 53.7 Å². The number of nitrogens with zero attached hydrogens (tertiary/aromatic N) is 4. The zero-order valence-corrected chi connectivity index (χ0v) is 18.3. The van der Waals surface area contributed by atoms with Crippen molar-refractivity contribution in [1.29, 1.82) is 0 Å². The predicted molar refractivity (Wildman–Crippen MR) is 118 cm³/mol. The van der Waals surface area contributed by atoms with Crippen LogP contribution < -0.4 is 9.80 Å². The number of amides is 1. The molecule has 0 N–H and O–H groups in total. The van der Waals surface area contributed by atoms with Gasteiger partial charge in [-0.1, -0.05) is 6.07 Å². The van der Waals surface area contributed by atoms with Gasteiger partial charge in [-0.15, -0.1) is 0 Å². The van der Waals surface area contributed by atoms with Gasteiger partial charge in [-0.05, 0) is 75.8 Å².